The summed E-state index contributed by atoms with van der Waals surface area (Å²) in [6.45, 7) is 3.62. The van der Waals surface area contributed by atoms with E-state index in [1.165, 1.54) is 17.1 Å². The van der Waals surface area contributed by atoms with Gasteiger partial charge in [0.2, 0.25) is 0 Å². The van der Waals surface area contributed by atoms with Crippen LogP contribution in [-0.4, -0.2) is 28.0 Å². The maximum atomic E-state index is 11.2. The van der Waals surface area contributed by atoms with Gasteiger partial charge in [-0.1, -0.05) is 0 Å². The molecule has 1 heterocycles. The third kappa shape index (κ3) is 1.39. The van der Waals surface area contributed by atoms with Gasteiger partial charge >= 0.3 is 0 Å². The molecule has 12 heavy (non-hydrogen) atoms. The molecule has 0 saturated carbocycles. The predicted molar refractivity (Wildman–Crippen MR) is 48.9 cm³/mol. The first-order valence-corrected chi connectivity index (χ1v) is 4.29. The van der Waals surface area contributed by atoms with Gasteiger partial charge in [-0.2, -0.15) is 12.6 Å². The lowest BCUT2D eigenvalue weighted by Crippen LogP contribution is -2.49. The van der Waals surface area contributed by atoms with Crippen LogP contribution in [0, 0.1) is 0 Å². The van der Waals surface area contributed by atoms with Crippen LogP contribution >= 0.6 is 12.6 Å². The van der Waals surface area contributed by atoms with Gasteiger partial charge in [0.1, 0.15) is 0 Å². The highest BCUT2D eigenvalue weighted by atomic mass is 32.1. The SMILES string of the molecule is CC(C)(CS)N1C(=O)C=CC1=O. The van der Waals surface area contributed by atoms with Gasteiger partial charge in [-0.05, 0) is 13.8 Å². The Morgan fingerprint density at radius 2 is 1.75 bits per heavy atom. The molecule has 4 heteroatoms. The molecule has 66 valence electrons. The van der Waals surface area contributed by atoms with E-state index in [1.54, 1.807) is 0 Å². The Morgan fingerprint density at radius 1 is 1.33 bits per heavy atom. The van der Waals surface area contributed by atoms with Crippen LogP contribution in [0.5, 0.6) is 0 Å². The van der Waals surface area contributed by atoms with Gasteiger partial charge in [-0.3, -0.25) is 14.5 Å². The lowest BCUT2D eigenvalue weighted by molar-refractivity contribution is -0.141. The highest BCUT2D eigenvalue weighted by Gasteiger charge is 2.35. The average molecular weight is 185 g/mol. The molecule has 0 saturated heterocycles. The van der Waals surface area contributed by atoms with Crippen molar-refractivity contribution in [1.29, 1.82) is 0 Å². The summed E-state index contributed by atoms with van der Waals surface area (Å²) in [7, 11) is 0. The van der Waals surface area contributed by atoms with E-state index in [1.807, 2.05) is 13.8 Å². The minimum atomic E-state index is -0.499. The molecular weight excluding hydrogens is 174 g/mol. The first-order valence-electron chi connectivity index (χ1n) is 3.66. The average Bonchev–Trinajstić information content (AvgIpc) is 2.31. The summed E-state index contributed by atoms with van der Waals surface area (Å²) in [6.07, 6.45) is 2.57. The van der Waals surface area contributed by atoms with E-state index >= 15 is 0 Å². The quantitative estimate of drug-likeness (QED) is 0.506. The molecule has 0 atom stereocenters. The second-order valence-electron chi connectivity index (χ2n) is 3.32. The van der Waals surface area contributed by atoms with Crippen LogP contribution in [0.15, 0.2) is 12.2 Å². The minimum absolute atomic E-state index is 0.251. The highest BCUT2D eigenvalue weighted by Crippen LogP contribution is 2.20. The normalized spacial score (nSPS) is 17.8. The zero-order valence-electron chi connectivity index (χ0n) is 7.07. The summed E-state index contributed by atoms with van der Waals surface area (Å²) in [5.41, 5.74) is -0.499. The molecule has 0 N–H and O–H groups in total. The standard InChI is InChI=1S/C8H11NO2S/c1-8(2,5-12)9-6(10)3-4-7(9)11/h3-4,12H,5H2,1-2H3. The first kappa shape index (κ1) is 9.32. The van der Waals surface area contributed by atoms with Gasteiger partial charge in [0.05, 0.1) is 5.54 Å². The number of imide groups is 1. The monoisotopic (exact) mass is 185 g/mol. The Bertz CT molecular complexity index is 240. The van der Waals surface area contributed by atoms with Gasteiger partial charge < -0.3 is 0 Å². The molecule has 0 bridgehead atoms. The first-order chi connectivity index (χ1) is 5.49. The van der Waals surface area contributed by atoms with Gasteiger partial charge in [-0.15, -0.1) is 0 Å². The summed E-state index contributed by atoms with van der Waals surface area (Å²) in [5, 5.41) is 0. The van der Waals surface area contributed by atoms with Crippen LogP contribution in [0.3, 0.4) is 0 Å². The third-order valence-corrected chi connectivity index (χ3v) is 2.58. The topological polar surface area (TPSA) is 37.4 Å². The second-order valence-corrected chi connectivity index (χ2v) is 3.63. The summed E-state index contributed by atoms with van der Waals surface area (Å²) < 4.78 is 0. The molecule has 0 spiro atoms. The second kappa shape index (κ2) is 2.94. The van der Waals surface area contributed by atoms with Crippen molar-refractivity contribution in [2.24, 2.45) is 0 Å². The maximum Gasteiger partial charge on any atom is 0.254 e. The van der Waals surface area contributed by atoms with Crippen LogP contribution in [0.1, 0.15) is 13.8 Å². The molecule has 2 amide bonds. The number of hydrogen-bond donors (Lipinski definition) is 1. The molecule has 0 fully saturated rings. The Kier molecular flexibility index (Phi) is 2.28. The molecule has 0 aliphatic carbocycles. The summed E-state index contributed by atoms with van der Waals surface area (Å²) in [6, 6.07) is 0. The Balaban J connectivity index is 2.90. The number of thiol groups is 1. The zero-order chi connectivity index (χ0) is 9.35. The van der Waals surface area contributed by atoms with E-state index < -0.39 is 5.54 Å². The van der Waals surface area contributed by atoms with E-state index in [4.69, 9.17) is 0 Å². The Hall–Kier alpha value is -0.770. The number of amides is 2. The molecule has 0 unspecified atom stereocenters. The lowest BCUT2D eigenvalue weighted by Gasteiger charge is -2.32. The van der Waals surface area contributed by atoms with Gasteiger partial charge in [0.25, 0.3) is 11.8 Å². The van der Waals surface area contributed by atoms with Gasteiger partial charge in [0, 0.05) is 17.9 Å². The van der Waals surface area contributed by atoms with E-state index in [9.17, 15) is 9.59 Å². The van der Waals surface area contributed by atoms with Crippen molar-refractivity contribution < 1.29 is 9.59 Å². The van der Waals surface area contributed by atoms with E-state index in [0.717, 1.165) is 0 Å². The molecule has 1 aliphatic heterocycles. The number of hydrogen-bond acceptors (Lipinski definition) is 3. The number of carbonyl (C=O) groups excluding carboxylic acids is 2. The zero-order valence-corrected chi connectivity index (χ0v) is 7.97. The van der Waals surface area contributed by atoms with Crippen molar-refractivity contribution in [3.63, 3.8) is 0 Å². The molecule has 0 aromatic rings. The lowest BCUT2D eigenvalue weighted by atomic mass is 10.1. The molecule has 0 aromatic heterocycles. The third-order valence-electron chi connectivity index (χ3n) is 1.80. The van der Waals surface area contributed by atoms with Gasteiger partial charge in [0.15, 0.2) is 0 Å². The summed E-state index contributed by atoms with van der Waals surface area (Å²) >= 11 is 4.08. The highest BCUT2D eigenvalue weighted by molar-refractivity contribution is 7.80. The number of rotatable bonds is 2. The fourth-order valence-electron chi connectivity index (χ4n) is 1.07. The van der Waals surface area contributed by atoms with Crippen molar-refractivity contribution >= 4 is 24.4 Å². The van der Waals surface area contributed by atoms with Crippen LogP contribution in [0.4, 0.5) is 0 Å². The van der Waals surface area contributed by atoms with Crippen molar-refractivity contribution in [2.75, 3.05) is 5.75 Å². The van der Waals surface area contributed by atoms with Crippen LogP contribution in [0.2, 0.25) is 0 Å². The summed E-state index contributed by atoms with van der Waals surface area (Å²) in [5.74, 6) is -0.0373. The van der Waals surface area contributed by atoms with E-state index in [0.29, 0.717) is 5.75 Å². The van der Waals surface area contributed by atoms with E-state index in [-0.39, 0.29) is 11.8 Å². The van der Waals surface area contributed by atoms with Crippen LogP contribution < -0.4 is 0 Å². The van der Waals surface area contributed by atoms with Crippen LogP contribution in [0.25, 0.3) is 0 Å². The van der Waals surface area contributed by atoms with Gasteiger partial charge in [-0.25, -0.2) is 0 Å². The van der Waals surface area contributed by atoms with Crippen molar-refractivity contribution in [3.05, 3.63) is 12.2 Å². The molecule has 3 nitrogen and oxygen atoms in total. The maximum absolute atomic E-state index is 11.2. The molecule has 0 aromatic carbocycles. The van der Waals surface area contributed by atoms with Crippen molar-refractivity contribution in [2.45, 2.75) is 19.4 Å². The summed E-state index contributed by atoms with van der Waals surface area (Å²) in [4.78, 5) is 23.6. The number of carbonyl (C=O) groups is 2. The molecule has 1 rings (SSSR count). The predicted octanol–water partition coefficient (Wildman–Crippen LogP) is 0.620. The smallest absolute Gasteiger partial charge is 0.254 e. The fraction of sp³-hybridized carbons (Fsp3) is 0.500. The molecule has 1 aliphatic rings. The Morgan fingerprint density at radius 3 is 2.08 bits per heavy atom. The minimum Gasteiger partial charge on any atom is -0.269 e. The fourth-order valence-corrected chi connectivity index (χ4v) is 1.21. The number of nitrogens with zero attached hydrogens (tertiary/aromatic N) is 1. The molecular formula is C8H11NO2S. The largest absolute Gasteiger partial charge is 0.269 e. The van der Waals surface area contributed by atoms with Crippen molar-refractivity contribution in [3.8, 4) is 0 Å². The van der Waals surface area contributed by atoms with Crippen LogP contribution in [-0.2, 0) is 9.59 Å². The molecule has 0 radical (unpaired) electrons. The van der Waals surface area contributed by atoms with Crippen molar-refractivity contribution in [1.82, 2.24) is 4.90 Å². The Labute approximate surface area is 76.8 Å². The van der Waals surface area contributed by atoms with E-state index in [2.05, 4.69) is 12.6 Å².